The van der Waals surface area contributed by atoms with Crippen LogP contribution in [-0.4, -0.2) is 44.0 Å². The predicted octanol–water partition coefficient (Wildman–Crippen LogP) is 3.27. The molecule has 1 saturated heterocycles. The summed E-state index contributed by atoms with van der Waals surface area (Å²) in [7, 11) is 0. The number of piperidine rings is 1. The van der Waals surface area contributed by atoms with Gasteiger partial charge in [0.25, 0.3) is 5.91 Å². The largest absolute Gasteiger partial charge is 0.420 e. The lowest BCUT2D eigenvalue weighted by Gasteiger charge is -2.26. The van der Waals surface area contributed by atoms with E-state index in [0.29, 0.717) is 29.9 Å². The number of carbonyl (C=O) groups excluding carboxylic acids is 2. The lowest BCUT2D eigenvalue weighted by atomic mass is 10.1. The summed E-state index contributed by atoms with van der Waals surface area (Å²) in [6.45, 7) is 1.32. The topological polar surface area (TPSA) is 102 Å². The monoisotopic (exact) mass is 497 g/mol. The van der Waals surface area contributed by atoms with E-state index >= 15 is 0 Å². The number of likely N-dealkylation sites (tertiary alicyclic amines) is 1. The van der Waals surface area contributed by atoms with Crippen LogP contribution in [-0.2, 0) is 11.3 Å². The van der Waals surface area contributed by atoms with Gasteiger partial charge in [0.2, 0.25) is 5.91 Å². The number of pyridine rings is 1. The Bertz CT molecular complexity index is 1400. The number of hydrogen-bond donors (Lipinski definition) is 1. The number of anilines is 1. The third-order valence-corrected chi connectivity index (χ3v) is 6.05. The standard InChI is InChI=1S/C22H20BrN5O4/c23-14-4-6-16-11-17(25-28(16)12-14)21(30)24-15-5-7-19-18(10-15)27(22(31)32-19)13-20(29)26-8-2-1-3-9-26/h4-7,10-12H,1-3,8-9,13H2,(H,24,30). The van der Waals surface area contributed by atoms with E-state index in [1.165, 1.54) is 4.57 Å². The Balaban J connectivity index is 1.39. The van der Waals surface area contributed by atoms with Gasteiger partial charge in [-0.3, -0.25) is 14.2 Å². The van der Waals surface area contributed by atoms with Crippen LogP contribution in [0.3, 0.4) is 0 Å². The molecule has 0 unspecified atom stereocenters. The van der Waals surface area contributed by atoms with Gasteiger partial charge in [0.15, 0.2) is 11.3 Å². The molecule has 32 heavy (non-hydrogen) atoms. The van der Waals surface area contributed by atoms with Crippen LogP contribution >= 0.6 is 15.9 Å². The molecule has 3 aromatic heterocycles. The maximum atomic E-state index is 12.7. The van der Waals surface area contributed by atoms with E-state index in [2.05, 4.69) is 26.3 Å². The molecule has 164 valence electrons. The van der Waals surface area contributed by atoms with Crippen molar-refractivity contribution in [2.45, 2.75) is 25.8 Å². The highest BCUT2D eigenvalue weighted by atomic mass is 79.9. The number of nitrogens with zero attached hydrogens (tertiary/aromatic N) is 4. The molecule has 1 N–H and O–H groups in total. The summed E-state index contributed by atoms with van der Waals surface area (Å²) in [5, 5.41) is 7.10. The first-order valence-electron chi connectivity index (χ1n) is 10.4. The smallest absolute Gasteiger partial charge is 0.408 e. The normalized spacial score (nSPS) is 14.2. The highest BCUT2D eigenvalue weighted by Gasteiger charge is 2.20. The molecule has 0 saturated carbocycles. The lowest BCUT2D eigenvalue weighted by Crippen LogP contribution is -2.39. The van der Waals surface area contributed by atoms with E-state index in [1.54, 1.807) is 39.9 Å². The minimum absolute atomic E-state index is 0.0927. The molecule has 0 atom stereocenters. The van der Waals surface area contributed by atoms with Crippen LogP contribution in [0.5, 0.6) is 0 Å². The van der Waals surface area contributed by atoms with Crippen LogP contribution < -0.4 is 11.1 Å². The van der Waals surface area contributed by atoms with Crippen LogP contribution in [0.1, 0.15) is 29.8 Å². The minimum atomic E-state index is -0.597. The summed E-state index contributed by atoms with van der Waals surface area (Å²) in [4.78, 5) is 39.5. The van der Waals surface area contributed by atoms with Crippen molar-refractivity contribution in [3.63, 3.8) is 0 Å². The molecule has 0 radical (unpaired) electrons. The summed E-state index contributed by atoms with van der Waals surface area (Å²) in [5.74, 6) is -1.09. The van der Waals surface area contributed by atoms with Gasteiger partial charge in [-0.2, -0.15) is 5.10 Å². The SMILES string of the molecule is O=C(Nc1ccc2oc(=O)n(CC(=O)N3CCCCC3)c2c1)c1cc2ccc(Br)cn2n1. The van der Waals surface area contributed by atoms with Crippen molar-refractivity contribution >= 4 is 50.0 Å². The molecule has 0 bridgehead atoms. The summed E-state index contributed by atoms with van der Waals surface area (Å²) >= 11 is 3.38. The second-order valence-corrected chi connectivity index (χ2v) is 8.69. The molecule has 9 nitrogen and oxygen atoms in total. The Kier molecular flexibility index (Phi) is 5.30. The maximum absolute atomic E-state index is 12.7. The average Bonchev–Trinajstić information content (AvgIpc) is 3.35. The summed E-state index contributed by atoms with van der Waals surface area (Å²) in [6, 6.07) is 10.3. The molecule has 4 heterocycles. The van der Waals surface area contributed by atoms with Crippen molar-refractivity contribution in [1.82, 2.24) is 19.1 Å². The van der Waals surface area contributed by atoms with Crippen LogP contribution in [0.15, 0.2) is 56.3 Å². The van der Waals surface area contributed by atoms with Crippen LogP contribution in [0.2, 0.25) is 0 Å². The average molecular weight is 498 g/mol. The van der Waals surface area contributed by atoms with Gasteiger partial charge in [-0.05, 0) is 71.6 Å². The van der Waals surface area contributed by atoms with Gasteiger partial charge in [-0.25, -0.2) is 9.31 Å². The predicted molar refractivity (Wildman–Crippen MR) is 122 cm³/mol. The van der Waals surface area contributed by atoms with Crippen LogP contribution in [0, 0.1) is 0 Å². The third kappa shape index (κ3) is 3.93. The quantitative estimate of drug-likeness (QED) is 0.466. The fraction of sp³-hybridized carbons (Fsp3) is 0.273. The maximum Gasteiger partial charge on any atom is 0.420 e. The van der Waals surface area contributed by atoms with Crippen molar-refractivity contribution in [2.75, 3.05) is 18.4 Å². The van der Waals surface area contributed by atoms with Crippen LogP contribution in [0.25, 0.3) is 16.6 Å². The second-order valence-electron chi connectivity index (χ2n) is 7.78. The van der Waals surface area contributed by atoms with Gasteiger partial charge >= 0.3 is 5.76 Å². The lowest BCUT2D eigenvalue weighted by molar-refractivity contribution is -0.132. The highest BCUT2D eigenvalue weighted by molar-refractivity contribution is 9.10. The number of nitrogens with one attached hydrogen (secondary N) is 1. The first kappa shape index (κ1) is 20.5. The molecular weight excluding hydrogens is 478 g/mol. The second kappa shape index (κ2) is 8.27. The Morgan fingerprint density at radius 2 is 1.91 bits per heavy atom. The third-order valence-electron chi connectivity index (χ3n) is 5.58. The van der Waals surface area contributed by atoms with Crippen molar-refractivity contribution < 1.29 is 14.0 Å². The Hall–Kier alpha value is -3.40. The number of hydrogen-bond acceptors (Lipinski definition) is 5. The van der Waals surface area contributed by atoms with E-state index < -0.39 is 5.76 Å². The number of fused-ring (bicyclic) bond motifs is 2. The zero-order chi connectivity index (χ0) is 22.2. The van der Waals surface area contributed by atoms with E-state index in [-0.39, 0.29) is 24.1 Å². The molecule has 4 aromatic rings. The molecule has 5 rings (SSSR count). The molecule has 1 aromatic carbocycles. The Morgan fingerprint density at radius 1 is 1.09 bits per heavy atom. The molecule has 0 spiro atoms. The molecule has 1 fully saturated rings. The van der Waals surface area contributed by atoms with Gasteiger partial charge < -0.3 is 14.6 Å². The molecule has 0 aliphatic carbocycles. The van der Waals surface area contributed by atoms with Gasteiger partial charge in [-0.1, -0.05) is 0 Å². The zero-order valence-electron chi connectivity index (χ0n) is 17.1. The fourth-order valence-electron chi connectivity index (χ4n) is 3.94. The van der Waals surface area contributed by atoms with Crippen molar-refractivity contribution in [3.8, 4) is 0 Å². The Labute approximate surface area is 190 Å². The summed E-state index contributed by atoms with van der Waals surface area (Å²) in [6.07, 6.45) is 4.83. The molecule has 2 amide bonds. The molecule has 10 heteroatoms. The van der Waals surface area contributed by atoms with E-state index in [1.807, 2.05) is 12.1 Å². The molecule has 1 aliphatic heterocycles. The number of benzene rings is 1. The first-order chi connectivity index (χ1) is 15.5. The number of halogens is 1. The van der Waals surface area contributed by atoms with Gasteiger partial charge in [0.1, 0.15) is 6.54 Å². The van der Waals surface area contributed by atoms with E-state index in [4.69, 9.17) is 4.42 Å². The van der Waals surface area contributed by atoms with E-state index in [0.717, 1.165) is 29.3 Å². The Morgan fingerprint density at radius 3 is 2.72 bits per heavy atom. The zero-order valence-corrected chi connectivity index (χ0v) is 18.7. The number of oxazole rings is 1. The van der Waals surface area contributed by atoms with Crippen molar-refractivity contribution in [3.05, 3.63) is 63.3 Å². The van der Waals surface area contributed by atoms with Gasteiger partial charge in [-0.15, -0.1) is 0 Å². The summed E-state index contributed by atoms with van der Waals surface area (Å²) < 4.78 is 9.06. The number of rotatable bonds is 4. The van der Waals surface area contributed by atoms with Gasteiger partial charge in [0, 0.05) is 29.4 Å². The van der Waals surface area contributed by atoms with Crippen molar-refractivity contribution in [2.24, 2.45) is 0 Å². The van der Waals surface area contributed by atoms with E-state index in [9.17, 15) is 14.4 Å². The number of amides is 2. The van der Waals surface area contributed by atoms with Crippen LogP contribution in [0.4, 0.5) is 5.69 Å². The number of carbonyl (C=O) groups is 2. The first-order valence-corrected chi connectivity index (χ1v) is 11.1. The summed E-state index contributed by atoms with van der Waals surface area (Å²) in [5.41, 5.74) is 2.33. The van der Waals surface area contributed by atoms with Crippen molar-refractivity contribution in [1.29, 1.82) is 0 Å². The fourth-order valence-corrected chi connectivity index (χ4v) is 4.26. The highest BCUT2D eigenvalue weighted by Crippen LogP contribution is 2.20. The van der Waals surface area contributed by atoms with Gasteiger partial charge in [0.05, 0.1) is 11.0 Å². The minimum Gasteiger partial charge on any atom is -0.408 e. The molecule has 1 aliphatic rings. The molecular formula is C22H20BrN5O4. The number of aromatic nitrogens is 3.